The standard InChI is InChI=1S/C28H29N3O3S2/c1-3-4-7-15-34-20-10-8-9-19(16-20)26(33)30-28-25(27-29-22-11-5-6-12-23(22)35-27)21-13-14-31(18(2)32)17-24(21)36-28/h5-6,8-12,16H,3-4,7,13-15,17H2,1-2H3,(H,30,33). The molecule has 0 atom stereocenters. The van der Waals surface area contributed by atoms with Crippen LogP contribution in [0.25, 0.3) is 20.8 Å². The number of carbonyl (C=O) groups is 2. The summed E-state index contributed by atoms with van der Waals surface area (Å²) in [7, 11) is 0. The van der Waals surface area contributed by atoms with Gasteiger partial charge in [-0.1, -0.05) is 38.0 Å². The first-order valence-corrected chi connectivity index (χ1v) is 14.0. The van der Waals surface area contributed by atoms with Crippen molar-refractivity contribution in [3.63, 3.8) is 0 Å². The zero-order valence-corrected chi connectivity index (χ0v) is 22.1. The van der Waals surface area contributed by atoms with Gasteiger partial charge in [-0.2, -0.15) is 0 Å². The number of rotatable bonds is 8. The van der Waals surface area contributed by atoms with E-state index in [0.29, 0.717) is 31.0 Å². The fraction of sp³-hybridized carbons (Fsp3) is 0.321. The van der Waals surface area contributed by atoms with Gasteiger partial charge < -0.3 is 15.0 Å². The van der Waals surface area contributed by atoms with Crippen LogP contribution in [0.5, 0.6) is 5.75 Å². The number of aromatic nitrogens is 1. The number of para-hydroxylation sites is 1. The number of carbonyl (C=O) groups excluding carboxylic acids is 2. The normalized spacial score (nSPS) is 13.0. The second-order valence-electron chi connectivity index (χ2n) is 8.92. The van der Waals surface area contributed by atoms with E-state index < -0.39 is 0 Å². The van der Waals surface area contributed by atoms with E-state index in [4.69, 9.17) is 9.72 Å². The predicted octanol–water partition coefficient (Wildman–Crippen LogP) is 6.75. The Morgan fingerprint density at radius 3 is 2.78 bits per heavy atom. The Morgan fingerprint density at radius 2 is 1.97 bits per heavy atom. The summed E-state index contributed by atoms with van der Waals surface area (Å²) >= 11 is 3.18. The third-order valence-corrected chi connectivity index (χ3v) is 8.54. The second kappa shape index (κ2) is 10.8. The van der Waals surface area contributed by atoms with Crippen LogP contribution in [0.2, 0.25) is 0 Å². The molecule has 8 heteroatoms. The second-order valence-corrected chi connectivity index (χ2v) is 11.1. The molecule has 2 aromatic carbocycles. The van der Waals surface area contributed by atoms with Gasteiger partial charge in [0.2, 0.25) is 5.91 Å². The summed E-state index contributed by atoms with van der Waals surface area (Å²) in [4.78, 5) is 33.2. The largest absolute Gasteiger partial charge is 0.494 e. The molecule has 2 amide bonds. The van der Waals surface area contributed by atoms with Crippen molar-refractivity contribution in [1.29, 1.82) is 0 Å². The van der Waals surface area contributed by atoms with Crippen LogP contribution in [0.15, 0.2) is 48.5 Å². The van der Waals surface area contributed by atoms with Crippen molar-refractivity contribution in [2.75, 3.05) is 18.5 Å². The van der Waals surface area contributed by atoms with E-state index in [-0.39, 0.29) is 11.8 Å². The average molecular weight is 520 g/mol. The summed E-state index contributed by atoms with van der Waals surface area (Å²) in [6.45, 7) is 5.64. The number of hydrogen-bond acceptors (Lipinski definition) is 6. The SMILES string of the molecule is CCCCCOc1cccc(C(=O)Nc2sc3c(c2-c2nc4ccccc4s2)CCN(C(C)=O)C3)c1. The molecule has 0 saturated heterocycles. The van der Waals surface area contributed by atoms with Crippen LogP contribution in [0.1, 0.15) is 53.9 Å². The third kappa shape index (κ3) is 5.15. The highest BCUT2D eigenvalue weighted by atomic mass is 32.1. The van der Waals surface area contributed by atoms with Crippen LogP contribution in [0, 0.1) is 0 Å². The smallest absolute Gasteiger partial charge is 0.256 e. The number of benzene rings is 2. The van der Waals surface area contributed by atoms with Gasteiger partial charge in [0.15, 0.2) is 0 Å². The monoisotopic (exact) mass is 519 g/mol. The first-order valence-electron chi connectivity index (χ1n) is 12.3. The van der Waals surface area contributed by atoms with Crippen molar-refractivity contribution in [2.45, 2.75) is 46.1 Å². The minimum Gasteiger partial charge on any atom is -0.494 e. The molecule has 6 nitrogen and oxygen atoms in total. The van der Waals surface area contributed by atoms with Crippen LogP contribution in [0.3, 0.4) is 0 Å². The molecule has 0 aliphatic carbocycles. The Morgan fingerprint density at radius 1 is 1.11 bits per heavy atom. The third-order valence-electron chi connectivity index (χ3n) is 6.35. The lowest BCUT2D eigenvalue weighted by atomic mass is 10.0. The van der Waals surface area contributed by atoms with Crippen LogP contribution in [-0.2, 0) is 17.8 Å². The highest BCUT2D eigenvalue weighted by molar-refractivity contribution is 7.23. The number of ether oxygens (including phenoxy) is 1. The van der Waals surface area contributed by atoms with Gasteiger partial charge in [0.1, 0.15) is 15.8 Å². The van der Waals surface area contributed by atoms with E-state index in [1.54, 1.807) is 41.7 Å². The number of hydrogen-bond donors (Lipinski definition) is 1. The maximum Gasteiger partial charge on any atom is 0.256 e. The lowest BCUT2D eigenvalue weighted by Crippen LogP contribution is -2.33. The molecule has 1 N–H and O–H groups in total. The molecule has 5 rings (SSSR count). The molecule has 0 bridgehead atoms. The van der Waals surface area contributed by atoms with Gasteiger partial charge in [-0.15, -0.1) is 22.7 Å². The predicted molar refractivity (Wildman–Crippen MR) is 147 cm³/mol. The Labute approximate surface area is 218 Å². The number of unbranched alkanes of at least 4 members (excludes halogenated alkanes) is 2. The van der Waals surface area contributed by atoms with E-state index in [1.807, 2.05) is 35.2 Å². The van der Waals surface area contributed by atoms with Gasteiger partial charge in [0.25, 0.3) is 5.91 Å². The molecule has 0 unspecified atom stereocenters. The van der Waals surface area contributed by atoms with Gasteiger partial charge in [0.05, 0.1) is 23.4 Å². The Balaban J connectivity index is 1.46. The Kier molecular flexibility index (Phi) is 7.34. The first-order chi connectivity index (χ1) is 17.5. The number of amides is 2. The summed E-state index contributed by atoms with van der Waals surface area (Å²) in [5, 5.41) is 4.84. The van der Waals surface area contributed by atoms with Gasteiger partial charge in [0, 0.05) is 29.5 Å². The number of thiophene rings is 1. The highest BCUT2D eigenvalue weighted by Crippen LogP contribution is 2.45. The van der Waals surface area contributed by atoms with Crippen molar-refractivity contribution in [3.05, 3.63) is 64.5 Å². The number of thiazole rings is 1. The molecule has 0 spiro atoms. The molecular weight excluding hydrogens is 490 g/mol. The Bertz CT molecular complexity index is 1380. The molecule has 1 aliphatic rings. The molecule has 1 aliphatic heterocycles. The number of anilines is 1. The minimum atomic E-state index is -0.182. The van der Waals surface area contributed by atoms with Crippen molar-refractivity contribution in [2.24, 2.45) is 0 Å². The molecule has 0 fully saturated rings. The summed E-state index contributed by atoms with van der Waals surface area (Å²) in [5.74, 6) is 0.586. The van der Waals surface area contributed by atoms with Gasteiger partial charge in [-0.05, 0) is 48.7 Å². The molecule has 0 radical (unpaired) electrons. The summed E-state index contributed by atoms with van der Waals surface area (Å²) in [6, 6.07) is 15.4. The van der Waals surface area contributed by atoms with E-state index in [0.717, 1.165) is 56.3 Å². The maximum absolute atomic E-state index is 13.3. The zero-order chi connectivity index (χ0) is 25.1. The van der Waals surface area contributed by atoms with Crippen LogP contribution in [-0.4, -0.2) is 34.8 Å². The fourth-order valence-corrected chi connectivity index (χ4v) is 6.78. The average Bonchev–Trinajstić information content (AvgIpc) is 3.46. The summed E-state index contributed by atoms with van der Waals surface area (Å²) in [6.07, 6.45) is 4.00. The lowest BCUT2D eigenvalue weighted by Gasteiger charge is -2.26. The summed E-state index contributed by atoms with van der Waals surface area (Å²) in [5.41, 5.74) is 3.67. The summed E-state index contributed by atoms with van der Waals surface area (Å²) < 4.78 is 6.96. The first kappa shape index (κ1) is 24.5. The van der Waals surface area contributed by atoms with Crippen molar-refractivity contribution < 1.29 is 14.3 Å². The van der Waals surface area contributed by atoms with Crippen molar-refractivity contribution >= 4 is 49.7 Å². The Hall–Kier alpha value is -3.23. The number of nitrogens with zero attached hydrogens (tertiary/aromatic N) is 2. The van der Waals surface area contributed by atoms with Crippen LogP contribution < -0.4 is 10.1 Å². The molecular formula is C28H29N3O3S2. The molecule has 4 aromatic rings. The topological polar surface area (TPSA) is 71.5 Å². The molecule has 36 heavy (non-hydrogen) atoms. The van der Waals surface area contributed by atoms with Crippen LogP contribution in [0.4, 0.5) is 5.00 Å². The van der Waals surface area contributed by atoms with E-state index in [2.05, 4.69) is 18.3 Å². The van der Waals surface area contributed by atoms with Crippen LogP contribution >= 0.6 is 22.7 Å². The minimum absolute atomic E-state index is 0.0666. The van der Waals surface area contributed by atoms with E-state index in [1.165, 1.54) is 5.56 Å². The van der Waals surface area contributed by atoms with E-state index >= 15 is 0 Å². The fourth-order valence-electron chi connectivity index (χ4n) is 4.41. The molecule has 186 valence electrons. The molecule has 0 saturated carbocycles. The highest BCUT2D eigenvalue weighted by Gasteiger charge is 2.28. The number of fused-ring (bicyclic) bond motifs is 2. The van der Waals surface area contributed by atoms with Crippen molar-refractivity contribution in [3.8, 4) is 16.3 Å². The zero-order valence-electron chi connectivity index (χ0n) is 20.5. The quantitative estimate of drug-likeness (QED) is 0.261. The van der Waals surface area contributed by atoms with Gasteiger partial charge in [-0.25, -0.2) is 4.98 Å². The molecule has 3 heterocycles. The lowest BCUT2D eigenvalue weighted by molar-refractivity contribution is -0.129. The number of nitrogens with one attached hydrogen (secondary N) is 1. The maximum atomic E-state index is 13.3. The van der Waals surface area contributed by atoms with E-state index in [9.17, 15) is 9.59 Å². The van der Waals surface area contributed by atoms with Gasteiger partial charge >= 0.3 is 0 Å². The molecule has 2 aromatic heterocycles. The van der Waals surface area contributed by atoms with Crippen molar-refractivity contribution in [1.82, 2.24) is 9.88 Å². The van der Waals surface area contributed by atoms with Gasteiger partial charge in [-0.3, -0.25) is 9.59 Å².